The maximum Gasteiger partial charge on any atom is 0.308 e. The minimum absolute atomic E-state index is 0.202. The molecule has 3 rings (SSSR count). The van der Waals surface area contributed by atoms with Crippen LogP contribution in [0, 0.1) is 5.82 Å². The van der Waals surface area contributed by atoms with Gasteiger partial charge in [0.25, 0.3) is 0 Å². The van der Waals surface area contributed by atoms with Crippen molar-refractivity contribution in [2.75, 3.05) is 4.90 Å². The van der Waals surface area contributed by atoms with E-state index in [1.807, 2.05) is 0 Å². The van der Waals surface area contributed by atoms with E-state index >= 15 is 0 Å². The second-order valence-electron chi connectivity index (χ2n) is 4.96. The minimum Gasteiger partial charge on any atom is -0.427 e. The molecule has 1 amide bonds. The van der Waals surface area contributed by atoms with Crippen LogP contribution in [0.4, 0.5) is 15.8 Å². The Labute approximate surface area is 134 Å². The number of ether oxygens (including phenoxy) is 1. The average Bonchev–Trinajstić information content (AvgIpc) is 2.48. The second kappa shape index (κ2) is 5.58. The number of carbonyl (C=O) groups is 2. The summed E-state index contributed by atoms with van der Waals surface area (Å²) in [5.41, 5.74) is 0.802. The molecule has 1 aliphatic rings. The predicted octanol–water partition coefficient (Wildman–Crippen LogP) is 2.92. The lowest BCUT2D eigenvalue weighted by Gasteiger charge is -2.30. The molecule has 1 atom stereocenters. The standard InChI is InChI=1S/C16H12FNO4S/c1-9(19)18-13-5-3-11(17)7-15(13)23(21)16-8-12(22-10(2)20)4-6-14(16)18/h3-8H,1-2H3. The van der Waals surface area contributed by atoms with Crippen molar-refractivity contribution >= 4 is 34.1 Å². The van der Waals surface area contributed by atoms with Gasteiger partial charge >= 0.3 is 5.97 Å². The highest BCUT2D eigenvalue weighted by atomic mass is 32.2. The van der Waals surface area contributed by atoms with Crippen molar-refractivity contribution in [2.45, 2.75) is 23.6 Å². The number of anilines is 2. The van der Waals surface area contributed by atoms with Gasteiger partial charge in [-0.2, -0.15) is 0 Å². The zero-order chi connectivity index (χ0) is 16.7. The summed E-state index contributed by atoms with van der Waals surface area (Å²) < 4.78 is 31.2. The Balaban J connectivity index is 2.21. The summed E-state index contributed by atoms with van der Waals surface area (Å²) in [5.74, 6) is -1.13. The molecule has 0 aromatic heterocycles. The molecule has 5 nitrogen and oxygen atoms in total. The summed E-state index contributed by atoms with van der Waals surface area (Å²) in [5, 5.41) is 0. The van der Waals surface area contributed by atoms with E-state index in [0.717, 1.165) is 6.07 Å². The first-order valence-corrected chi connectivity index (χ1v) is 7.88. The number of nitrogens with zero attached hydrogens (tertiary/aromatic N) is 1. The molecule has 23 heavy (non-hydrogen) atoms. The highest BCUT2D eigenvalue weighted by molar-refractivity contribution is 7.85. The monoisotopic (exact) mass is 333 g/mol. The Morgan fingerprint density at radius 3 is 2.26 bits per heavy atom. The fourth-order valence-corrected chi connectivity index (χ4v) is 3.84. The molecule has 2 aromatic rings. The largest absolute Gasteiger partial charge is 0.427 e. The van der Waals surface area contributed by atoms with Crippen LogP contribution in [-0.2, 0) is 20.4 Å². The minimum atomic E-state index is -1.69. The van der Waals surface area contributed by atoms with Crippen LogP contribution in [0.3, 0.4) is 0 Å². The number of hydrogen-bond acceptors (Lipinski definition) is 4. The van der Waals surface area contributed by atoms with Gasteiger partial charge in [-0.15, -0.1) is 0 Å². The van der Waals surface area contributed by atoms with Gasteiger partial charge in [0, 0.05) is 13.8 Å². The fraction of sp³-hybridized carbons (Fsp3) is 0.125. The van der Waals surface area contributed by atoms with Crippen molar-refractivity contribution < 1.29 is 22.9 Å². The molecule has 0 aliphatic carbocycles. The van der Waals surface area contributed by atoms with Gasteiger partial charge < -0.3 is 4.74 Å². The summed E-state index contributed by atoms with van der Waals surface area (Å²) in [7, 11) is -1.69. The third-order valence-corrected chi connectivity index (χ3v) is 4.76. The first-order chi connectivity index (χ1) is 10.9. The Morgan fingerprint density at radius 1 is 1.04 bits per heavy atom. The lowest BCUT2D eigenvalue weighted by atomic mass is 10.2. The molecule has 0 saturated carbocycles. The summed E-state index contributed by atoms with van der Waals surface area (Å²) in [6, 6.07) is 8.28. The van der Waals surface area contributed by atoms with Crippen molar-refractivity contribution in [2.24, 2.45) is 0 Å². The topological polar surface area (TPSA) is 63.7 Å². The molecule has 0 fully saturated rings. The van der Waals surface area contributed by atoms with E-state index in [-0.39, 0.29) is 21.4 Å². The molecule has 1 aliphatic heterocycles. The molecular formula is C16H12FNO4S. The first kappa shape index (κ1) is 15.4. The fourth-order valence-electron chi connectivity index (χ4n) is 2.47. The molecule has 0 radical (unpaired) electrons. The Bertz CT molecular complexity index is 865. The van der Waals surface area contributed by atoms with E-state index in [1.165, 1.54) is 43.0 Å². The van der Waals surface area contributed by atoms with E-state index in [1.54, 1.807) is 6.07 Å². The van der Waals surface area contributed by atoms with E-state index in [0.29, 0.717) is 11.4 Å². The smallest absolute Gasteiger partial charge is 0.308 e. The van der Waals surface area contributed by atoms with Gasteiger partial charge in [0.15, 0.2) is 0 Å². The predicted molar refractivity (Wildman–Crippen MR) is 81.6 cm³/mol. The SMILES string of the molecule is CC(=O)Oc1ccc2c(c1)S(=O)c1cc(F)ccc1N2C(C)=O. The molecule has 0 saturated heterocycles. The number of amides is 1. The van der Waals surface area contributed by atoms with Crippen LogP contribution in [0.15, 0.2) is 46.2 Å². The van der Waals surface area contributed by atoms with Crippen LogP contribution in [0.1, 0.15) is 13.8 Å². The van der Waals surface area contributed by atoms with Gasteiger partial charge in [0.2, 0.25) is 5.91 Å². The van der Waals surface area contributed by atoms with Crippen LogP contribution in [0.25, 0.3) is 0 Å². The Hall–Kier alpha value is -2.54. The van der Waals surface area contributed by atoms with Crippen LogP contribution >= 0.6 is 0 Å². The van der Waals surface area contributed by atoms with Gasteiger partial charge in [-0.25, -0.2) is 8.60 Å². The first-order valence-electron chi connectivity index (χ1n) is 6.73. The van der Waals surface area contributed by atoms with Crippen molar-refractivity contribution in [1.82, 2.24) is 0 Å². The number of carbonyl (C=O) groups excluding carboxylic acids is 2. The molecule has 1 heterocycles. The van der Waals surface area contributed by atoms with Gasteiger partial charge in [-0.3, -0.25) is 14.5 Å². The molecule has 0 spiro atoms. The number of fused-ring (bicyclic) bond motifs is 2. The molecule has 118 valence electrons. The molecule has 1 unspecified atom stereocenters. The maximum absolute atomic E-state index is 13.5. The van der Waals surface area contributed by atoms with Gasteiger partial charge in [-0.1, -0.05) is 0 Å². The lowest BCUT2D eigenvalue weighted by molar-refractivity contribution is -0.131. The van der Waals surface area contributed by atoms with Crippen LogP contribution in [0.2, 0.25) is 0 Å². The van der Waals surface area contributed by atoms with Crippen molar-refractivity contribution in [1.29, 1.82) is 0 Å². The molecule has 7 heteroatoms. The zero-order valence-electron chi connectivity index (χ0n) is 12.3. The van der Waals surface area contributed by atoms with Crippen LogP contribution in [0.5, 0.6) is 5.75 Å². The third-order valence-electron chi connectivity index (χ3n) is 3.31. The summed E-state index contributed by atoms with van der Waals surface area (Å²) >= 11 is 0. The zero-order valence-corrected chi connectivity index (χ0v) is 13.1. The second-order valence-corrected chi connectivity index (χ2v) is 6.38. The van der Waals surface area contributed by atoms with Crippen molar-refractivity contribution in [3.05, 3.63) is 42.2 Å². The molecular weight excluding hydrogens is 321 g/mol. The molecule has 0 bridgehead atoms. The maximum atomic E-state index is 13.5. The number of esters is 1. The molecule has 0 N–H and O–H groups in total. The third kappa shape index (κ3) is 2.63. The Kier molecular flexibility index (Phi) is 3.73. The lowest BCUT2D eigenvalue weighted by Crippen LogP contribution is -2.28. The number of halogens is 1. The summed E-state index contributed by atoms with van der Waals surface area (Å²) in [6.07, 6.45) is 0. The Morgan fingerprint density at radius 2 is 1.65 bits per heavy atom. The van der Waals surface area contributed by atoms with Gasteiger partial charge in [0.05, 0.1) is 32.0 Å². The number of benzene rings is 2. The molecule has 2 aromatic carbocycles. The van der Waals surface area contributed by atoms with E-state index in [9.17, 15) is 18.2 Å². The number of rotatable bonds is 1. The van der Waals surface area contributed by atoms with Gasteiger partial charge in [-0.05, 0) is 36.4 Å². The van der Waals surface area contributed by atoms with E-state index in [2.05, 4.69) is 0 Å². The quantitative estimate of drug-likeness (QED) is 0.595. The highest BCUT2D eigenvalue weighted by Gasteiger charge is 2.31. The summed E-state index contributed by atoms with van der Waals surface area (Å²) in [4.78, 5) is 24.9. The van der Waals surface area contributed by atoms with Gasteiger partial charge in [0.1, 0.15) is 11.6 Å². The average molecular weight is 333 g/mol. The summed E-state index contributed by atoms with van der Waals surface area (Å²) in [6.45, 7) is 2.62. The van der Waals surface area contributed by atoms with Crippen molar-refractivity contribution in [3.8, 4) is 5.75 Å². The van der Waals surface area contributed by atoms with Crippen LogP contribution < -0.4 is 9.64 Å². The normalized spacial score (nSPS) is 15.6. The van der Waals surface area contributed by atoms with Crippen LogP contribution in [-0.4, -0.2) is 16.1 Å². The highest BCUT2D eigenvalue weighted by Crippen LogP contribution is 2.43. The van der Waals surface area contributed by atoms with E-state index in [4.69, 9.17) is 4.74 Å². The van der Waals surface area contributed by atoms with E-state index < -0.39 is 22.6 Å². The van der Waals surface area contributed by atoms with Crippen molar-refractivity contribution in [3.63, 3.8) is 0 Å². The number of hydrogen-bond donors (Lipinski definition) is 0.